The predicted molar refractivity (Wildman–Crippen MR) is 93.9 cm³/mol. The van der Waals surface area contributed by atoms with Crippen LogP contribution < -0.4 is 5.32 Å². The average molecular weight is 335 g/mol. The van der Waals surface area contributed by atoms with Gasteiger partial charge in [0.05, 0.1) is 23.2 Å². The number of imide groups is 1. The number of nitrogens with one attached hydrogen (secondary N) is 1. The van der Waals surface area contributed by atoms with Gasteiger partial charge in [-0.3, -0.25) is 14.5 Å². The van der Waals surface area contributed by atoms with Gasteiger partial charge in [0, 0.05) is 5.69 Å². The summed E-state index contributed by atoms with van der Waals surface area (Å²) >= 11 is 0.915. The summed E-state index contributed by atoms with van der Waals surface area (Å²) in [6.45, 7) is 0.124. The van der Waals surface area contributed by atoms with Crippen LogP contribution in [0.3, 0.4) is 0 Å². The summed E-state index contributed by atoms with van der Waals surface area (Å²) in [5, 5.41) is 11.5. The van der Waals surface area contributed by atoms with Crippen molar-refractivity contribution in [3.05, 3.63) is 70.6 Å². The molecule has 1 aliphatic rings. The zero-order chi connectivity index (χ0) is 16.9. The van der Waals surface area contributed by atoms with E-state index in [0.29, 0.717) is 10.5 Å². The topological polar surface area (TPSA) is 73.2 Å². The van der Waals surface area contributed by atoms with E-state index in [1.165, 1.54) is 4.90 Å². The molecule has 3 rings (SSSR count). The van der Waals surface area contributed by atoms with Crippen molar-refractivity contribution in [3.8, 4) is 6.07 Å². The van der Waals surface area contributed by atoms with E-state index in [4.69, 9.17) is 5.26 Å². The van der Waals surface area contributed by atoms with Crippen molar-refractivity contribution in [1.82, 2.24) is 4.90 Å². The molecule has 24 heavy (non-hydrogen) atoms. The zero-order valence-corrected chi connectivity index (χ0v) is 13.4. The number of nitriles is 1. The van der Waals surface area contributed by atoms with Crippen LogP contribution >= 0.6 is 11.8 Å². The SMILES string of the molecule is N#Cc1ccc(/C=C2/SC(=O)N(CNc3ccccc3)C2=O)cc1. The molecule has 1 N–H and O–H groups in total. The van der Waals surface area contributed by atoms with Gasteiger partial charge < -0.3 is 5.32 Å². The van der Waals surface area contributed by atoms with E-state index in [0.717, 1.165) is 23.0 Å². The highest BCUT2D eigenvalue weighted by molar-refractivity contribution is 8.18. The maximum Gasteiger partial charge on any atom is 0.295 e. The Labute approximate surface area is 143 Å². The minimum atomic E-state index is -0.321. The first-order chi connectivity index (χ1) is 11.7. The van der Waals surface area contributed by atoms with Crippen LogP contribution in [0, 0.1) is 11.3 Å². The number of carbonyl (C=O) groups is 2. The predicted octanol–water partition coefficient (Wildman–Crippen LogP) is 3.66. The molecule has 1 fully saturated rings. The van der Waals surface area contributed by atoms with E-state index < -0.39 is 0 Å². The maximum atomic E-state index is 12.4. The Bertz CT molecular complexity index is 839. The van der Waals surface area contributed by atoms with E-state index in [1.54, 1.807) is 30.3 Å². The molecule has 0 aliphatic carbocycles. The van der Waals surface area contributed by atoms with Crippen molar-refractivity contribution in [3.63, 3.8) is 0 Å². The number of carbonyl (C=O) groups excluding carboxylic acids is 2. The molecule has 0 radical (unpaired) electrons. The van der Waals surface area contributed by atoms with Crippen LogP contribution in [0.15, 0.2) is 59.5 Å². The van der Waals surface area contributed by atoms with Gasteiger partial charge in [0.15, 0.2) is 0 Å². The van der Waals surface area contributed by atoms with Crippen LogP contribution in [0.2, 0.25) is 0 Å². The minimum Gasteiger partial charge on any atom is -0.367 e. The van der Waals surface area contributed by atoms with Gasteiger partial charge in [-0.05, 0) is 47.7 Å². The summed E-state index contributed by atoms with van der Waals surface area (Å²) in [7, 11) is 0. The third-order valence-electron chi connectivity index (χ3n) is 3.43. The van der Waals surface area contributed by atoms with Crippen LogP contribution in [0.25, 0.3) is 6.08 Å². The van der Waals surface area contributed by atoms with Crippen molar-refractivity contribution in [2.75, 3.05) is 12.0 Å². The summed E-state index contributed by atoms with van der Waals surface area (Å²) < 4.78 is 0. The van der Waals surface area contributed by atoms with Crippen molar-refractivity contribution >= 4 is 34.7 Å². The third-order valence-corrected chi connectivity index (χ3v) is 4.33. The minimum absolute atomic E-state index is 0.124. The average Bonchev–Trinajstić information content (AvgIpc) is 2.88. The molecule has 0 saturated carbocycles. The highest BCUT2D eigenvalue weighted by Crippen LogP contribution is 2.32. The van der Waals surface area contributed by atoms with E-state index in [9.17, 15) is 9.59 Å². The monoisotopic (exact) mass is 335 g/mol. The van der Waals surface area contributed by atoms with Gasteiger partial charge >= 0.3 is 0 Å². The molecule has 2 aromatic carbocycles. The lowest BCUT2D eigenvalue weighted by molar-refractivity contribution is -0.122. The summed E-state index contributed by atoms with van der Waals surface area (Å²) in [6.07, 6.45) is 1.66. The van der Waals surface area contributed by atoms with Crippen molar-refractivity contribution in [2.24, 2.45) is 0 Å². The van der Waals surface area contributed by atoms with Crippen LogP contribution in [-0.4, -0.2) is 22.7 Å². The molecule has 0 bridgehead atoms. The molecule has 1 heterocycles. The molecular formula is C18H13N3O2S. The van der Waals surface area contributed by atoms with Crippen LogP contribution in [0.5, 0.6) is 0 Å². The lowest BCUT2D eigenvalue weighted by Crippen LogP contribution is -2.33. The first-order valence-electron chi connectivity index (χ1n) is 7.22. The molecule has 0 unspecified atom stereocenters. The second-order valence-corrected chi connectivity index (χ2v) is 6.04. The number of rotatable bonds is 4. The Hall–Kier alpha value is -3.04. The smallest absolute Gasteiger partial charge is 0.295 e. The molecule has 118 valence electrons. The summed E-state index contributed by atoms with van der Waals surface area (Å²) in [4.78, 5) is 26.0. The Morgan fingerprint density at radius 1 is 1.08 bits per heavy atom. The second-order valence-electron chi connectivity index (χ2n) is 5.04. The number of benzene rings is 2. The Morgan fingerprint density at radius 2 is 1.79 bits per heavy atom. The number of amides is 2. The van der Waals surface area contributed by atoms with Gasteiger partial charge in [0.1, 0.15) is 0 Å². The fraction of sp³-hybridized carbons (Fsp3) is 0.0556. The van der Waals surface area contributed by atoms with Crippen molar-refractivity contribution < 1.29 is 9.59 Å². The number of nitrogens with zero attached hydrogens (tertiary/aromatic N) is 2. The largest absolute Gasteiger partial charge is 0.367 e. The lowest BCUT2D eigenvalue weighted by Gasteiger charge is -2.14. The van der Waals surface area contributed by atoms with Crippen molar-refractivity contribution in [1.29, 1.82) is 5.26 Å². The van der Waals surface area contributed by atoms with Gasteiger partial charge in [-0.2, -0.15) is 5.26 Å². The Kier molecular flexibility index (Phi) is 4.64. The summed E-state index contributed by atoms with van der Waals surface area (Å²) in [5.41, 5.74) is 2.16. The fourth-order valence-corrected chi connectivity index (χ4v) is 3.01. The number of para-hydroxylation sites is 1. The van der Waals surface area contributed by atoms with E-state index in [2.05, 4.69) is 5.32 Å². The van der Waals surface area contributed by atoms with E-state index >= 15 is 0 Å². The van der Waals surface area contributed by atoms with Crippen LogP contribution in [0.1, 0.15) is 11.1 Å². The summed E-state index contributed by atoms with van der Waals surface area (Å²) in [5.74, 6) is -0.321. The lowest BCUT2D eigenvalue weighted by atomic mass is 10.1. The first-order valence-corrected chi connectivity index (χ1v) is 8.03. The quantitative estimate of drug-likeness (QED) is 0.863. The van der Waals surface area contributed by atoms with Gasteiger partial charge in [-0.1, -0.05) is 30.3 Å². The highest BCUT2D eigenvalue weighted by Gasteiger charge is 2.34. The van der Waals surface area contributed by atoms with Crippen LogP contribution in [-0.2, 0) is 4.79 Å². The number of thioether (sulfide) groups is 1. The van der Waals surface area contributed by atoms with Gasteiger partial charge in [0.2, 0.25) is 0 Å². The zero-order valence-electron chi connectivity index (χ0n) is 12.6. The normalized spacial score (nSPS) is 15.6. The number of hydrogen-bond acceptors (Lipinski definition) is 5. The first kappa shape index (κ1) is 15.8. The molecule has 2 amide bonds. The highest BCUT2D eigenvalue weighted by atomic mass is 32.2. The molecular weight excluding hydrogens is 322 g/mol. The third kappa shape index (κ3) is 3.47. The van der Waals surface area contributed by atoms with Gasteiger partial charge in [0.25, 0.3) is 11.1 Å². The molecule has 6 heteroatoms. The molecule has 5 nitrogen and oxygen atoms in total. The van der Waals surface area contributed by atoms with E-state index in [-0.39, 0.29) is 17.8 Å². The molecule has 2 aromatic rings. The Balaban J connectivity index is 1.71. The number of anilines is 1. The molecule has 1 saturated heterocycles. The van der Waals surface area contributed by atoms with E-state index in [1.807, 2.05) is 36.4 Å². The van der Waals surface area contributed by atoms with Gasteiger partial charge in [-0.15, -0.1) is 0 Å². The summed E-state index contributed by atoms with van der Waals surface area (Å²) in [6, 6.07) is 18.3. The van der Waals surface area contributed by atoms with Crippen LogP contribution in [0.4, 0.5) is 10.5 Å². The standard InChI is InChI=1S/C18H13N3O2S/c19-11-14-8-6-13(7-9-14)10-16-17(22)21(18(23)24-16)12-20-15-4-2-1-3-5-15/h1-10,20H,12H2/b16-10+. The van der Waals surface area contributed by atoms with Crippen molar-refractivity contribution in [2.45, 2.75) is 0 Å². The fourth-order valence-electron chi connectivity index (χ4n) is 2.17. The molecule has 0 aromatic heterocycles. The molecule has 0 atom stereocenters. The Morgan fingerprint density at radius 3 is 2.46 bits per heavy atom. The molecule has 0 spiro atoms. The second kappa shape index (κ2) is 7.02. The maximum absolute atomic E-state index is 12.4. The number of hydrogen-bond donors (Lipinski definition) is 1. The molecule has 1 aliphatic heterocycles. The van der Waals surface area contributed by atoms with Gasteiger partial charge in [-0.25, -0.2) is 0 Å².